The second-order valence-corrected chi connectivity index (χ2v) is 6.91. The van der Waals surface area contributed by atoms with E-state index in [2.05, 4.69) is 10.00 Å². The van der Waals surface area contributed by atoms with E-state index in [-0.39, 0.29) is 5.91 Å². The lowest BCUT2D eigenvalue weighted by atomic mass is 10.1. The molecule has 1 aliphatic rings. The van der Waals surface area contributed by atoms with Crippen molar-refractivity contribution < 1.29 is 4.79 Å². The standard InChI is InChI=1S/C17H20Cl2N4O/c1-12-15(10-20-21(12)2)17(24)23-7-5-22(6-8-23)11-13-3-4-14(18)9-16(13)19/h3-4,9-10H,5-8,11H2,1-2H3. The minimum absolute atomic E-state index is 0.0600. The largest absolute Gasteiger partial charge is 0.336 e. The Kier molecular flexibility index (Phi) is 5.13. The van der Waals surface area contributed by atoms with Gasteiger partial charge in [0.1, 0.15) is 0 Å². The van der Waals surface area contributed by atoms with Gasteiger partial charge in [0.05, 0.1) is 11.8 Å². The monoisotopic (exact) mass is 366 g/mol. The summed E-state index contributed by atoms with van der Waals surface area (Å²) in [7, 11) is 1.85. The van der Waals surface area contributed by atoms with Gasteiger partial charge in [-0.1, -0.05) is 29.3 Å². The number of hydrogen-bond donors (Lipinski definition) is 0. The van der Waals surface area contributed by atoms with Gasteiger partial charge < -0.3 is 4.90 Å². The quantitative estimate of drug-likeness (QED) is 0.838. The van der Waals surface area contributed by atoms with Crippen molar-refractivity contribution in [2.24, 2.45) is 7.05 Å². The van der Waals surface area contributed by atoms with Crippen molar-refractivity contribution in [3.8, 4) is 0 Å². The first-order valence-corrected chi connectivity index (χ1v) is 8.65. The number of aryl methyl sites for hydroxylation is 1. The Morgan fingerprint density at radius 1 is 1.21 bits per heavy atom. The summed E-state index contributed by atoms with van der Waals surface area (Å²) in [4.78, 5) is 16.8. The summed E-state index contributed by atoms with van der Waals surface area (Å²) in [5.41, 5.74) is 2.64. The maximum Gasteiger partial charge on any atom is 0.257 e. The van der Waals surface area contributed by atoms with E-state index in [9.17, 15) is 4.79 Å². The molecule has 2 heterocycles. The summed E-state index contributed by atoms with van der Waals surface area (Å²) < 4.78 is 1.73. The van der Waals surface area contributed by atoms with Crippen LogP contribution in [0.25, 0.3) is 0 Å². The Morgan fingerprint density at radius 2 is 1.92 bits per heavy atom. The van der Waals surface area contributed by atoms with Gasteiger partial charge in [-0.15, -0.1) is 0 Å². The first kappa shape index (κ1) is 17.3. The minimum Gasteiger partial charge on any atom is -0.336 e. The van der Waals surface area contributed by atoms with Crippen molar-refractivity contribution in [1.82, 2.24) is 19.6 Å². The lowest BCUT2D eigenvalue weighted by Gasteiger charge is -2.34. The van der Waals surface area contributed by atoms with Crippen molar-refractivity contribution >= 4 is 29.1 Å². The second kappa shape index (κ2) is 7.13. The molecule has 1 aliphatic heterocycles. The van der Waals surface area contributed by atoms with Gasteiger partial charge in [-0.2, -0.15) is 5.10 Å². The molecule has 1 saturated heterocycles. The number of hydrogen-bond acceptors (Lipinski definition) is 3. The highest BCUT2D eigenvalue weighted by molar-refractivity contribution is 6.35. The summed E-state index contributed by atoms with van der Waals surface area (Å²) in [6.45, 7) is 5.74. The van der Waals surface area contributed by atoms with Gasteiger partial charge >= 0.3 is 0 Å². The highest BCUT2D eigenvalue weighted by Gasteiger charge is 2.24. The Hall–Kier alpha value is -1.56. The normalized spacial score (nSPS) is 15.8. The van der Waals surface area contributed by atoms with Crippen LogP contribution in [-0.4, -0.2) is 51.7 Å². The van der Waals surface area contributed by atoms with Gasteiger partial charge in [0.2, 0.25) is 0 Å². The number of rotatable bonds is 3. The summed E-state index contributed by atoms with van der Waals surface area (Å²) in [6.07, 6.45) is 1.65. The minimum atomic E-state index is 0.0600. The highest BCUT2D eigenvalue weighted by atomic mass is 35.5. The van der Waals surface area contributed by atoms with Gasteiger partial charge in [-0.25, -0.2) is 0 Å². The maximum atomic E-state index is 12.6. The van der Waals surface area contributed by atoms with Crippen LogP contribution >= 0.6 is 23.2 Å². The van der Waals surface area contributed by atoms with Crippen LogP contribution in [0.15, 0.2) is 24.4 Å². The summed E-state index contributed by atoms with van der Waals surface area (Å²) >= 11 is 12.2. The fraction of sp³-hybridized carbons (Fsp3) is 0.412. The first-order chi connectivity index (χ1) is 11.5. The molecule has 0 bridgehead atoms. The van der Waals surface area contributed by atoms with Crippen LogP contribution in [-0.2, 0) is 13.6 Å². The average molecular weight is 367 g/mol. The van der Waals surface area contributed by atoms with Gasteiger partial charge in [0.25, 0.3) is 5.91 Å². The predicted molar refractivity (Wildman–Crippen MR) is 95.6 cm³/mol. The van der Waals surface area contributed by atoms with Crippen LogP contribution in [0.4, 0.5) is 0 Å². The third kappa shape index (κ3) is 3.58. The molecule has 0 N–H and O–H groups in total. The van der Waals surface area contributed by atoms with E-state index in [4.69, 9.17) is 23.2 Å². The Bertz CT molecular complexity index is 751. The zero-order valence-electron chi connectivity index (χ0n) is 13.8. The third-order valence-electron chi connectivity index (χ3n) is 4.53. The van der Waals surface area contributed by atoms with Crippen molar-refractivity contribution in [2.45, 2.75) is 13.5 Å². The number of benzene rings is 1. The predicted octanol–water partition coefficient (Wildman–Crippen LogP) is 2.99. The van der Waals surface area contributed by atoms with E-state index in [1.54, 1.807) is 16.9 Å². The molecule has 24 heavy (non-hydrogen) atoms. The molecule has 1 amide bonds. The molecule has 2 aromatic rings. The van der Waals surface area contributed by atoms with Gasteiger partial charge in [-0.3, -0.25) is 14.4 Å². The molecule has 3 rings (SSSR count). The molecule has 0 radical (unpaired) electrons. The second-order valence-electron chi connectivity index (χ2n) is 6.07. The van der Waals surface area contributed by atoms with Gasteiger partial charge in [0, 0.05) is 55.5 Å². The van der Waals surface area contributed by atoms with Crippen molar-refractivity contribution in [3.05, 3.63) is 51.3 Å². The van der Waals surface area contributed by atoms with E-state index in [0.717, 1.165) is 30.9 Å². The number of nitrogens with zero attached hydrogens (tertiary/aromatic N) is 4. The number of aromatic nitrogens is 2. The summed E-state index contributed by atoms with van der Waals surface area (Å²) in [6, 6.07) is 5.58. The number of carbonyl (C=O) groups excluding carboxylic acids is 1. The smallest absolute Gasteiger partial charge is 0.257 e. The highest BCUT2D eigenvalue weighted by Crippen LogP contribution is 2.23. The Morgan fingerprint density at radius 3 is 2.50 bits per heavy atom. The molecule has 1 fully saturated rings. The van der Waals surface area contributed by atoms with E-state index in [0.29, 0.717) is 28.7 Å². The summed E-state index contributed by atoms with van der Waals surface area (Å²) in [5, 5.41) is 5.48. The fourth-order valence-corrected chi connectivity index (χ4v) is 3.35. The number of carbonyl (C=O) groups is 1. The molecule has 0 spiro atoms. The topological polar surface area (TPSA) is 41.4 Å². The lowest BCUT2D eigenvalue weighted by molar-refractivity contribution is 0.0627. The van der Waals surface area contributed by atoms with Crippen LogP contribution in [0.2, 0.25) is 10.0 Å². The van der Waals surface area contributed by atoms with Gasteiger partial charge in [0.15, 0.2) is 0 Å². The SMILES string of the molecule is Cc1c(C(=O)N2CCN(Cc3ccc(Cl)cc3Cl)CC2)cnn1C. The third-order valence-corrected chi connectivity index (χ3v) is 5.12. The van der Waals surface area contributed by atoms with Gasteiger partial charge in [-0.05, 0) is 24.6 Å². The van der Waals surface area contributed by atoms with Crippen LogP contribution < -0.4 is 0 Å². The lowest BCUT2D eigenvalue weighted by Crippen LogP contribution is -2.48. The molecule has 1 aromatic carbocycles. The van der Waals surface area contributed by atoms with E-state index in [1.807, 2.05) is 31.0 Å². The fourth-order valence-electron chi connectivity index (χ4n) is 2.88. The molecule has 7 heteroatoms. The molecule has 0 aliphatic carbocycles. The van der Waals surface area contributed by atoms with E-state index in [1.165, 1.54) is 0 Å². The molecule has 0 atom stereocenters. The van der Waals surface area contributed by atoms with Crippen LogP contribution in [0.3, 0.4) is 0 Å². The summed E-state index contributed by atoms with van der Waals surface area (Å²) in [5.74, 6) is 0.0600. The number of piperazine rings is 1. The Labute approximate surface area is 151 Å². The average Bonchev–Trinajstić information content (AvgIpc) is 2.90. The molecule has 1 aromatic heterocycles. The Balaban J connectivity index is 1.59. The van der Waals surface area contributed by atoms with Crippen molar-refractivity contribution in [1.29, 1.82) is 0 Å². The van der Waals surface area contributed by atoms with Crippen LogP contribution in [0, 0.1) is 6.92 Å². The molecule has 0 saturated carbocycles. The maximum absolute atomic E-state index is 12.6. The van der Waals surface area contributed by atoms with E-state index >= 15 is 0 Å². The number of halogens is 2. The molecular formula is C17H20Cl2N4O. The molecule has 5 nitrogen and oxygen atoms in total. The zero-order valence-corrected chi connectivity index (χ0v) is 15.3. The van der Waals surface area contributed by atoms with Crippen molar-refractivity contribution in [3.63, 3.8) is 0 Å². The number of amides is 1. The molecule has 128 valence electrons. The first-order valence-electron chi connectivity index (χ1n) is 7.90. The molecule has 0 unspecified atom stereocenters. The molecular weight excluding hydrogens is 347 g/mol. The van der Waals surface area contributed by atoms with E-state index < -0.39 is 0 Å². The zero-order chi connectivity index (χ0) is 17.3. The van der Waals surface area contributed by atoms with Crippen LogP contribution in [0.1, 0.15) is 21.6 Å². The van der Waals surface area contributed by atoms with Crippen molar-refractivity contribution in [2.75, 3.05) is 26.2 Å². The van der Waals surface area contributed by atoms with Crippen LogP contribution in [0.5, 0.6) is 0 Å².